The molecule has 0 aliphatic carbocycles. The summed E-state index contributed by atoms with van der Waals surface area (Å²) in [4.78, 5) is 0. The van der Waals surface area contributed by atoms with E-state index in [1.807, 2.05) is 0 Å². The highest BCUT2D eigenvalue weighted by molar-refractivity contribution is 4.54. The molecule has 1 radical (unpaired) electrons. The highest BCUT2D eigenvalue weighted by Gasteiger charge is 1.95. The summed E-state index contributed by atoms with van der Waals surface area (Å²) in [6.45, 7) is 4.10. The smallest absolute Gasteiger partial charge is 0.0192 e. The number of unbranched alkanes of at least 4 members (excludes halogenated alkanes) is 22. The van der Waals surface area contributed by atoms with Gasteiger partial charge in [-0.15, -0.1) is 0 Å². The van der Waals surface area contributed by atoms with Gasteiger partial charge in [-0.2, -0.15) is 0 Å². The summed E-state index contributed by atoms with van der Waals surface area (Å²) < 4.78 is 0. The molecule has 0 bridgehead atoms. The number of rotatable bonds is 23. The molecule has 26 heavy (non-hydrogen) atoms. The van der Waals surface area contributed by atoms with E-state index in [1.165, 1.54) is 141 Å². The minimum Gasteiger partial charge on any atom is -0.326 e. The largest absolute Gasteiger partial charge is 0.326 e. The van der Waals surface area contributed by atoms with Crippen LogP contribution in [0.5, 0.6) is 0 Å². The second-order valence-corrected chi connectivity index (χ2v) is 8.45. The first-order valence-electron chi connectivity index (χ1n) is 12.4. The molecule has 0 saturated heterocycles. The molecular weight excluding hydrogens is 314 g/mol. The molecular formula is C25H52N. The summed E-state index contributed by atoms with van der Waals surface area (Å²) in [7, 11) is 0. The predicted octanol–water partition coefficient (Wildman–Crippen LogP) is 9.10. The fraction of sp³-hybridized carbons (Fsp3) is 0.960. The van der Waals surface area contributed by atoms with E-state index in [2.05, 4.69) is 6.92 Å². The second-order valence-electron chi connectivity index (χ2n) is 8.45. The van der Waals surface area contributed by atoms with Crippen molar-refractivity contribution < 1.29 is 0 Å². The highest BCUT2D eigenvalue weighted by Crippen LogP contribution is 2.15. The minimum absolute atomic E-state index is 1.10. The normalized spacial score (nSPS) is 11.3. The van der Waals surface area contributed by atoms with E-state index < -0.39 is 0 Å². The lowest BCUT2D eigenvalue weighted by Gasteiger charge is -2.04. The zero-order valence-electron chi connectivity index (χ0n) is 18.4. The van der Waals surface area contributed by atoms with Crippen LogP contribution in [-0.2, 0) is 0 Å². The first-order valence-corrected chi connectivity index (χ1v) is 12.4. The van der Waals surface area contributed by atoms with Crippen molar-refractivity contribution in [3.05, 3.63) is 6.54 Å². The maximum absolute atomic E-state index is 5.39. The summed E-state index contributed by atoms with van der Waals surface area (Å²) in [5, 5.41) is 0. The highest BCUT2D eigenvalue weighted by atomic mass is 14.5. The third-order valence-corrected chi connectivity index (χ3v) is 5.72. The Kier molecular flexibility index (Phi) is 24.9. The molecule has 0 atom stereocenters. The Labute approximate surface area is 167 Å². The van der Waals surface area contributed by atoms with Crippen molar-refractivity contribution in [3.63, 3.8) is 0 Å². The van der Waals surface area contributed by atoms with Gasteiger partial charge in [0.2, 0.25) is 0 Å². The van der Waals surface area contributed by atoms with Gasteiger partial charge in [0, 0.05) is 6.54 Å². The predicted molar refractivity (Wildman–Crippen MR) is 120 cm³/mol. The average Bonchev–Trinajstić information content (AvgIpc) is 2.66. The van der Waals surface area contributed by atoms with Crippen LogP contribution in [0, 0.1) is 6.54 Å². The number of hydrogen-bond donors (Lipinski definition) is 1. The molecule has 0 rings (SSSR count). The van der Waals surface area contributed by atoms with Gasteiger partial charge in [0.05, 0.1) is 0 Å². The molecule has 0 heterocycles. The zero-order valence-corrected chi connectivity index (χ0v) is 18.4. The average molecular weight is 367 g/mol. The quantitative estimate of drug-likeness (QED) is 0.179. The fourth-order valence-electron chi connectivity index (χ4n) is 3.87. The molecule has 0 unspecified atom stereocenters. The van der Waals surface area contributed by atoms with Gasteiger partial charge in [0.25, 0.3) is 0 Å². The molecule has 2 N–H and O–H groups in total. The topological polar surface area (TPSA) is 26.0 Å². The summed E-state index contributed by atoms with van der Waals surface area (Å²) in [5.41, 5.74) is 5.39. The van der Waals surface area contributed by atoms with Crippen LogP contribution in [0.15, 0.2) is 0 Å². The van der Waals surface area contributed by atoms with Crippen LogP contribution < -0.4 is 5.73 Å². The van der Waals surface area contributed by atoms with Crippen molar-refractivity contribution in [3.8, 4) is 0 Å². The summed E-state index contributed by atoms with van der Waals surface area (Å²) in [6.07, 6.45) is 33.0. The lowest BCUT2D eigenvalue weighted by atomic mass is 10.0. The molecule has 0 aliphatic rings. The molecule has 1 nitrogen and oxygen atoms in total. The standard InChI is InChI=1S/C25H52N/c1-2-3-4-5-6-7-8-9-10-11-12-13-14-15-16-17-18-19-20-21-22-23-24-25-26/h25H,2-24,26H2,1H3. The molecule has 0 aromatic carbocycles. The van der Waals surface area contributed by atoms with E-state index in [9.17, 15) is 0 Å². The maximum atomic E-state index is 5.39. The van der Waals surface area contributed by atoms with Crippen LogP contribution >= 0.6 is 0 Å². The molecule has 0 fully saturated rings. The molecule has 0 aromatic rings. The SMILES string of the molecule is CCCCCCCCCCCCCCCCCCCCCCCC[CH]N. The molecule has 0 amide bonds. The van der Waals surface area contributed by atoms with Crippen molar-refractivity contribution in [2.75, 3.05) is 0 Å². The molecule has 0 aromatic heterocycles. The number of hydrogen-bond acceptors (Lipinski definition) is 1. The molecule has 157 valence electrons. The molecule has 1 heteroatoms. The van der Waals surface area contributed by atoms with Gasteiger partial charge in [-0.05, 0) is 6.42 Å². The van der Waals surface area contributed by atoms with Crippen molar-refractivity contribution in [1.29, 1.82) is 0 Å². The Bertz CT molecular complexity index is 202. The van der Waals surface area contributed by atoms with Gasteiger partial charge < -0.3 is 5.73 Å². The number of nitrogens with two attached hydrogens (primary N) is 1. The van der Waals surface area contributed by atoms with Gasteiger partial charge in [-0.1, -0.05) is 148 Å². The van der Waals surface area contributed by atoms with Crippen LogP contribution in [0.2, 0.25) is 0 Å². The van der Waals surface area contributed by atoms with Crippen LogP contribution in [0.3, 0.4) is 0 Å². The van der Waals surface area contributed by atoms with Crippen LogP contribution in [0.25, 0.3) is 0 Å². The first-order chi connectivity index (χ1) is 12.9. The van der Waals surface area contributed by atoms with E-state index in [-0.39, 0.29) is 0 Å². The summed E-state index contributed by atoms with van der Waals surface area (Å²) >= 11 is 0. The van der Waals surface area contributed by atoms with Crippen LogP contribution in [0.1, 0.15) is 155 Å². The van der Waals surface area contributed by atoms with Crippen molar-refractivity contribution >= 4 is 0 Å². The Hall–Kier alpha value is -0.0400. The second kappa shape index (κ2) is 25.0. The third-order valence-electron chi connectivity index (χ3n) is 5.72. The Morgan fingerprint density at radius 2 is 0.615 bits per heavy atom. The first kappa shape index (κ1) is 26.0. The lowest BCUT2D eigenvalue weighted by molar-refractivity contribution is 0.519. The van der Waals surface area contributed by atoms with Crippen molar-refractivity contribution in [2.45, 2.75) is 155 Å². The van der Waals surface area contributed by atoms with E-state index in [0.717, 1.165) is 6.42 Å². The van der Waals surface area contributed by atoms with Crippen molar-refractivity contribution in [2.24, 2.45) is 5.73 Å². The van der Waals surface area contributed by atoms with Gasteiger partial charge in [0.1, 0.15) is 0 Å². The molecule has 0 saturated carbocycles. The minimum atomic E-state index is 1.10. The molecule has 0 spiro atoms. The Balaban J connectivity index is 2.95. The lowest BCUT2D eigenvalue weighted by Crippen LogP contribution is -1.89. The monoisotopic (exact) mass is 366 g/mol. The zero-order chi connectivity index (χ0) is 19.0. The Morgan fingerprint density at radius 3 is 0.846 bits per heavy atom. The van der Waals surface area contributed by atoms with E-state index >= 15 is 0 Å². The van der Waals surface area contributed by atoms with Crippen molar-refractivity contribution in [1.82, 2.24) is 0 Å². The van der Waals surface area contributed by atoms with Crippen LogP contribution in [-0.4, -0.2) is 0 Å². The maximum Gasteiger partial charge on any atom is 0.0192 e. The summed E-state index contributed by atoms with van der Waals surface area (Å²) in [5.74, 6) is 0. The molecule has 0 aliphatic heterocycles. The Morgan fingerprint density at radius 1 is 0.385 bits per heavy atom. The van der Waals surface area contributed by atoms with Gasteiger partial charge in [0.15, 0.2) is 0 Å². The van der Waals surface area contributed by atoms with E-state index in [0.29, 0.717) is 0 Å². The van der Waals surface area contributed by atoms with E-state index in [1.54, 1.807) is 6.54 Å². The van der Waals surface area contributed by atoms with Crippen LogP contribution in [0.4, 0.5) is 0 Å². The van der Waals surface area contributed by atoms with Gasteiger partial charge in [-0.3, -0.25) is 0 Å². The van der Waals surface area contributed by atoms with E-state index in [4.69, 9.17) is 5.73 Å². The third kappa shape index (κ3) is 24.0. The van der Waals surface area contributed by atoms with Gasteiger partial charge in [-0.25, -0.2) is 0 Å². The summed E-state index contributed by atoms with van der Waals surface area (Å²) in [6, 6.07) is 0. The fourth-order valence-corrected chi connectivity index (χ4v) is 3.87. The van der Waals surface area contributed by atoms with Gasteiger partial charge >= 0.3 is 0 Å².